The first-order valence-corrected chi connectivity index (χ1v) is 10.3. The third-order valence-electron chi connectivity index (χ3n) is 5.39. The van der Waals surface area contributed by atoms with E-state index >= 15 is 0 Å². The molecule has 1 fully saturated rings. The monoisotopic (exact) mass is 523 g/mol. The van der Waals surface area contributed by atoms with Crippen LogP contribution >= 0.6 is 24.0 Å². The molecule has 2 N–H and O–H groups in total. The predicted molar refractivity (Wildman–Crippen MR) is 138 cm³/mol. The molecule has 0 aromatic heterocycles. The number of guanidine groups is 1. The highest BCUT2D eigenvalue weighted by Gasteiger charge is 2.21. The minimum Gasteiger partial charge on any atom is -0.506 e. The summed E-state index contributed by atoms with van der Waals surface area (Å²) in [6.07, 6.45) is 2.12. The van der Waals surface area contributed by atoms with Crippen LogP contribution in [0.5, 0.6) is 5.75 Å². The fraction of sp³-hybridized carbons (Fsp3) is 0.435. The normalized spacial score (nSPS) is 14.3. The van der Waals surface area contributed by atoms with Crippen LogP contribution in [-0.2, 0) is 6.42 Å². The number of hydrogen-bond acceptors (Lipinski definition) is 4. The molecule has 1 heterocycles. The Bertz CT molecular complexity index is 801. The van der Waals surface area contributed by atoms with E-state index in [-0.39, 0.29) is 24.0 Å². The first-order chi connectivity index (χ1) is 14.1. The summed E-state index contributed by atoms with van der Waals surface area (Å²) < 4.78 is 0. The number of benzene rings is 2. The average molecular weight is 523 g/mol. The van der Waals surface area contributed by atoms with Crippen molar-refractivity contribution in [3.05, 3.63) is 54.1 Å². The zero-order valence-electron chi connectivity index (χ0n) is 18.2. The quantitative estimate of drug-likeness (QED) is 0.263. The van der Waals surface area contributed by atoms with E-state index in [0.29, 0.717) is 5.75 Å². The summed E-state index contributed by atoms with van der Waals surface area (Å²) in [6.45, 7) is 4.43. The van der Waals surface area contributed by atoms with Crippen LogP contribution in [0.4, 0.5) is 11.4 Å². The van der Waals surface area contributed by atoms with E-state index in [1.807, 2.05) is 25.2 Å². The van der Waals surface area contributed by atoms with E-state index in [1.54, 1.807) is 6.07 Å². The second kappa shape index (κ2) is 11.9. The minimum atomic E-state index is 0. The topological polar surface area (TPSA) is 54.3 Å². The lowest BCUT2D eigenvalue weighted by atomic mass is 10.1. The Morgan fingerprint density at radius 2 is 1.70 bits per heavy atom. The third-order valence-corrected chi connectivity index (χ3v) is 5.39. The van der Waals surface area contributed by atoms with Gasteiger partial charge in [-0.2, -0.15) is 0 Å². The van der Waals surface area contributed by atoms with Crippen molar-refractivity contribution in [1.29, 1.82) is 0 Å². The van der Waals surface area contributed by atoms with Crippen LogP contribution in [0.3, 0.4) is 0 Å². The van der Waals surface area contributed by atoms with Crippen molar-refractivity contribution in [2.24, 2.45) is 4.99 Å². The van der Waals surface area contributed by atoms with E-state index in [4.69, 9.17) is 0 Å². The number of aromatic hydroxyl groups is 1. The lowest BCUT2D eigenvalue weighted by Gasteiger charge is -2.37. The van der Waals surface area contributed by atoms with Crippen LogP contribution in [0.2, 0.25) is 0 Å². The van der Waals surface area contributed by atoms with Crippen LogP contribution in [0.15, 0.2) is 53.5 Å². The van der Waals surface area contributed by atoms with Gasteiger partial charge in [-0.15, -0.1) is 24.0 Å². The number of halogens is 1. The maximum Gasteiger partial charge on any atom is 0.193 e. The summed E-state index contributed by atoms with van der Waals surface area (Å²) in [7, 11) is 5.97. The molecule has 164 valence electrons. The molecule has 1 saturated heterocycles. The smallest absolute Gasteiger partial charge is 0.193 e. The van der Waals surface area contributed by atoms with Gasteiger partial charge in [0, 0.05) is 59.6 Å². The van der Waals surface area contributed by atoms with E-state index in [9.17, 15) is 5.11 Å². The minimum absolute atomic E-state index is 0. The van der Waals surface area contributed by atoms with Crippen molar-refractivity contribution in [2.75, 3.05) is 63.7 Å². The third kappa shape index (κ3) is 6.42. The number of aryl methyl sites for hydroxylation is 1. The van der Waals surface area contributed by atoms with E-state index < -0.39 is 0 Å². The van der Waals surface area contributed by atoms with Crippen molar-refractivity contribution in [1.82, 2.24) is 10.2 Å². The average Bonchev–Trinajstić information content (AvgIpc) is 2.75. The molecule has 0 bridgehead atoms. The Morgan fingerprint density at radius 1 is 1.03 bits per heavy atom. The number of nitrogens with zero attached hydrogens (tertiary/aromatic N) is 4. The SMILES string of the molecule is CN=C(NCCCc1ccc(N(C)C)cc1)N1CCN(c2ccccc2O)CC1.I. The van der Waals surface area contributed by atoms with Crippen LogP contribution in [-0.4, -0.2) is 69.8 Å². The summed E-state index contributed by atoms with van der Waals surface area (Å²) in [5.74, 6) is 1.31. The maximum absolute atomic E-state index is 10.1. The number of para-hydroxylation sites is 2. The van der Waals surface area contributed by atoms with Gasteiger partial charge in [-0.1, -0.05) is 24.3 Å². The van der Waals surface area contributed by atoms with Gasteiger partial charge in [0.1, 0.15) is 5.75 Å². The van der Waals surface area contributed by atoms with Gasteiger partial charge in [0.2, 0.25) is 0 Å². The summed E-state index contributed by atoms with van der Waals surface area (Å²) in [5, 5.41) is 13.6. The number of aliphatic imine (C=N–C) groups is 1. The van der Waals surface area contributed by atoms with Gasteiger partial charge in [-0.05, 0) is 42.7 Å². The Morgan fingerprint density at radius 3 is 2.30 bits per heavy atom. The second-order valence-corrected chi connectivity index (χ2v) is 7.60. The number of piperazine rings is 1. The lowest BCUT2D eigenvalue weighted by molar-refractivity contribution is 0.369. The number of rotatable bonds is 6. The molecule has 3 rings (SSSR count). The molecule has 0 amide bonds. The van der Waals surface area contributed by atoms with Gasteiger partial charge in [0.05, 0.1) is 5.69 Å². The first kappa shape index (κ1) is 24.1. The van der Waals surface area contributed by atoms with Gasteiger partial charge in [0.25, 0.3) is 0 Å². The molecule has 0 aliphatic carbocycles. The molecule has 2 aromatic rings. The van der Waals surface area contributed by atoms with Crippen molar-refractivity contribution in [3.8, 4) is 5.75 Å². The molecule has 0 spiro atoms. The van der Waals surface area contributed by atoms with Crippen molar-refractivity contribution < 1.29 is 5.11 Å². The van der Waals surface area contributed by atoms with Crippen LogP contribution in [0, 0.1) is 0 Å². The Balaban J connectivity index is 0.00000320. The van der Waals surface area contributed by atoms with Crippen molar-refractivity contribution in [2.45, 2.75) is 12.8 Å². The van der Waals surface area contributed by atoms with E-state index in [1.165, 1.54) is 11.3 Å². The molecule has 0 unspecified atom stereocenters. The van der Waals surface area contributed by atoms with Crippen molar-refractivity contribution in [3.63, 3.8) is 0 Å². The van der Waals surface area contributed by atoms with Crippen LogP contribution < -0.4 is 15.1 Å². The summed E-state index contributed by atoms with van der Waals surface area (Å²) in [5.41, 5.74) is 3.51. The fourth-order valence-electron chi connectivity index (χ4n) is 3.68. The molecule has 1 aliphatic rings. The molecule has 0 saturated carbocycles. The molecule has 0 radical (unpaired) electrons. The van der Waals surface area contributed by atoms with E-state index in [2.05, 4.69) is 63.4 Å². The Hall–Kier alpha value is -2.16. The fourth-order valence-corrected chi connectivity index (χ4v) is 3.68. The standard InChI is InChI=1S/C23H33N5O.HI/c1-24-23(25-14-6-7-19-10-12-20(13-11-19)26(2)3)28-17-15-27(16-18-28)21-8-4-5-9-22(21)29;/h4-5,8-13,29H,6-7,14-18H2,1-3H3,(H,24,25);1H. The molecule has 30 heavy (non-hydrogen) atoms. The Kier molecular flexibility index (Phi) is 9.55. The molecular formula is C23H34IN5O. The highest BCUT2D eigenvalue weighted by molar-refractivity contribution is 14.0. The lowest BCUT2D eigenvalue weighted by Crippen LogP contribution is -2.52. The predicted octanol–water partition coefficient (Wildman–Crippen LogP) is 3.41. The van der Waals surface area contributed by atoms with Crippen LogP contribution in [0.1, 0.15) is 12.0 Å². The number of phenols is 1. The largest absolute Gasteiger partial charge is 0.506 e. The van der Waals surface area contributed by atoms with Gasteiger partial charge >= 0.3 is 0 Å². The van der Waals surface area contributed by atoms with Gasteiger partial charge in [-0.3, -0.25) is 4.99 Å². The summed E-state index contributed by atoms with van der Waals surface area (Å²) >= 11 is 0. The van der Waals surface area contributed by atoms with Gasteiger partial charge in [-0.25, -0.2) is 0 Å². The highest BCUT2D eigenvalue weighted by Crippen LogP contribution is 2.27. The molecular weight excluding hydrogens is 489 g/mol. The molecule has 7 heteroatoms. The number of phenolic OH excluding ortho intramolecular Hbond substituents is 1. The van der Waals surface area contributed by atoms with Crippen molar-refractivity contribution >= 4 is 41.3 Å². The number of hydrogen-bond donors (Lipinski definition) is 2. The highest BCUT2D eigenvalue weighted by atomic mass is 127. The number of anilines is 2. The van der Waals surface area contributed by atoms with Crippen LogP contribution in [0.25, 0.3) is 0 Å². The van der Waals surface area contributed by atoms with Gasteiger partial charge in [0.15, 0.2) is 5.96 Å². The van der Waals surface area contributed by atoms with E-state index in [0.717, 1.165) is 57.2 Å². The zero-order chi connectivity index (χ0) is 20.6. The maximum atomic E-state index is 10.1. The Labute approximate surface area is 197 Å². The van der Waals surface area contributed by atoms with Gasteiger partial charge < -0.3 is 25.1 Å². The second-order valence-electron chi connectivity index (χ2n) is 7.60. The zero-order valence-corrected chi connectivity index (χ0v) is 20.5. The molecule has 1 aliphatic heterocycles. The first-order valence-electron chi connectivity index (χ1n) is 10.3. The molecule has 0 atom stereocenters. The molecule has 2 aromatic carbocycles. The summed E-state index contributed by atoms with van der Waals surface area (Å²) in [4.78, 5) is 11.1. The summed E-state index contributed by atoms with van der Waals surface area (Å²) in [6, 6.07) is 16.3. The number of nitrogens with one attached hydrogen (secondary N) is 1. The molecule has 6 nitrogen and oxygen atoms in total.